The van der Waals surface area contributed by atoms with Gasteiger partial charge in [0.15, 0.2) is 6.61 Å². The fourth-order valence-corrected chi connectivity index (χ4v) is 2.77. The second kappa shape index (κ2) is 10.3. The number of carbonyl (C=O) groups is 3. The van der Waals surface area contributed by atoms with Crippen molar-refractivity contribution < 1.29 is 19.1 Å². The summed E-state index contributed by atoms with van der Waals surface area (Å²) in [5.74, 6) is -1.46. The number of hydrogen-bond acceptors (Lipinski definition) is 4. The third-order valence-corrected chi connectivity index (χ3v) is 4.35. The molecule has 0 aliphatic carbocycles. The molecule has 2 aromatic carbocycles. The smallest absolute Gasteiger partial charge is 0.328 e. The molecule has 0 saturated carbocycles. The van der Waals surface area contributed by atoms with E-state index >= 15 is 0 Å². The van der Waals surface area contributed by atoms with E-state index in [1.807, 2.05) is 32.0 Å². The van der Waals surface area contributed by atoms with Gasteiger partial charge in [0.25, 0.3) is 11.8 Å². The maximum absolute atomic E-state index is 12.2. The molecule has 6 nitrogen and oxygen atoms in total. The van der Waals surface area contributed by atoms with Crippen molar-refractivity contribution in [3.63, 3.8) is 0 Å². The Morgan fingerprint density at radius 3 is 2.11 bits per heavy atom. The summed E-state index contributed by atoms with van der Waals surface area (Å²) < 4.78 is 5.06. The molecule has 0 aliphatic rings. The van der Waals surface area contributed by atoms with Gasteiger partial charge in [-0.05, 0) is 43.0 Å². The van der Waals surface area contributed by atoms with Gasteiger partial charge >= 0.3 is 5.97 Å². The molecule has 2 aromatic rings. The first-order valence-corrected chi connectivity index (χ1v) is 9.39. The Morgan fingerprint density at radius 2 is 1.54 bits per heavy atom. The lowest BCUT2D eigenvalue weighted by Gasteiger charge is -2.16. The minimum atomic E-state index is -0.866. The fourth-order valence-electron chi connectivity index (χ4n) is 2.77. The second-order valence-corrected chi connectivity index (χ2v) is 6.38. The van der Waals surface area contributed by atoms with Crippen molar-refractivity contribution in [1.82, 2.24) is 5.32 Å². The van der Waals surface area contributed by atoms with E-state index in [0.29, 0.717) is 5.56 Å². The molecule has 0 heterocycles. The SMILES string of the molecule is CCc1cccc(CC)c1NC(=O)COC(=O)[C@H](C)NC(=O)c1ccccc1. The lowest BCUT2D eigenvalue weighted by molar-refractivity contribution is -0.148. The van der Waals surface area contributed by atoms with E-state index in [9.17, 15) is 14.4 Å². The van der Waals surface area contributed by atoms with Crippen LogP contribution in [0.25, 0.3) is 0 Å². The normalized spacial score (nSPS) is 11.4. The number of anilines is 1. The van der Waals surface area contributed by atoms with Crippen LogP contribution in [-0.4, -0.2) is 30.4 Å². The third-order valence-electron chi connectivity index (χ3n) is 4.35. The molecule has 148 valence electrons. The summed E-state index contributed by atoms with van der Waals surface area (Å²) in [4.78, 5) is 36.4. The molecule has 1 atom stereocenters. The van der Waals surface area contributed by atoms with Crippen LogP contribution >= 0.6 is 0 Å². The number of rotatable bonds is 8. The van der Waals surface area contributed by atoms with Crippen LogP contribution in [0, 0.1) is 0 Å². The van der Waals surface area contributed by atoms with E-state index in [1.54, 1.807) is 30.3 Å². The second-order valence-electron chi connectivity index (χ2n) is 6.38. The van der Waals surface area contributed by atoms with E-state index in [0.717, 1.165) is 29.7 Å². The van der Waals surface area contributed by atoms with Crippen molar-refractivity contribution >= 4 is 23.5 Å². The molecular formula is C22H26N2O4. The van der Waals surface area contributed by atoms with E-state index in [1.165, 1.54) is 6.92 Å². The summed E-state index contributed by atoms with van der Waals surface area (Å²) >= 11 is 0. The summed E-state index contributed by atoms with van der Waals surface area (Å²) in [5, 5.41) is 5.40. The van der Waals surface area contributed by atoms with Gasteiger partial charge in [-0.15, -0.1) is 0 Å². The van der Waals surface area contributed by atoms with Gasteiger partial charge in [-0.3, -0.25) is 9.59 Å². The third kappa shape index (κ3) is 5.67. The highest BCUT2D eigenvalue weighted by molar-refractivity contribution is 5.97. The number of hydrogen-bond donors (Lipinski definition) is 2. The minimum Gasteiger partial charge on any atom is -0.454 e. The highest BCUT2D eigenvalue weighted by atomic mass is 16.5. The summed E-state index contributed by atoms with van der Waals surface area (Å²) in [6.45, 7) is 5.14. The number of carbonyl (C=O) groups excluding carboxylic acids is 3. The highest BCUT2D eigenvalue weighted by Crippen LogP contribution is 2.22. The van der Waals surface area contributed by atoms with Crippen LogP contribution in [0.3, 0.4) is 0 Å². The minimum absolute atomic E-state index is 0.376. The Hall–Kier alpha value is -3.15. The highest BCUT2D eigenvalue weighted by Gasteiger charge is 2.19. The number of nitrogens with one attached hydrogen (secondary N) is 2. The van der Waals surface area contributed by atoms with Crippen molar-refractivity contribution in [2.45, 2.75) is 39.7 Å². The molecule has 2 rings (SSSR count). The molecule has 0 bridgehead atoms. The number of benzene rings is 2. The Bertz CT molecular complexity index is 811. The van der Waals surface area contributed by atoms with Crippen molar-refractivity contribution in [2.75, 3.05) is 11.9 Å². The predicted molar refractivity (Wildman–Crippen MR) is 108 cm³/mol. The average Bonchev–Trinajstić information content (AvgIpc) is 2.72. The summed E-state index contributed by atoms with van der Waals surface area (Å²) in [6.07, 6.45) is 1.57. The lowest BCUT2D eigenvalue weighted by Crippen LogP contribution is -2.40. The van der Waals surface area contributed by atoms with Crippen molar-refractivity contribution in [3.05, 3.63) is 65.2 Å². The summed E-state index contributed by atoms with van der Waals surface area (Å²) in [7, 11) is 0. The lowest BCUT2D eigenvalue weighted by atomic mass is 10.0. The van der Waals surface area contributed by atoms with E-state index in [2.05, 4.69) is 10.6 Å². The maximum atomic E-state index is 12.2. The van der Waals surface area contributed by atoms with Crippen LogP contribution in [0.4, 0.5) is 5.69 Å². The van der Waals surface area contributed by atoms with Crippen molar-refractivity contribution in [3.8, 4) is 0 Å². The van der Waals surface area contributed by atoms with Gasteiger partial charge in [0, 0.05) is 11.3 Å². The predicted octanol–water partition coefficient (Wildman–Crippen LogP) is 3.11. The number of aryl methyl sites for hydroxylation is 2. The molecular weight excluding hydrogens is 356 g/mol. The van der Waals surface area contributed by atoms with Gasteiger partial charge in [-0.1, -0.05) is 50.2 Å². The van der Waals surface area contributed by atoms with E-state index in [-0.39, 0.29) is 5.91 Å². The molecule has 0 unspecified atom stereocenters. The first-order chi connectivity index (χ1) is 13.5. The molecule has 2 amide bonds. The number of amides is 2. The quantitative estimate of drug-likeness (QED) is 0.687. The Morgan fingerprint density at radius 1 is 0.929 bits per heavy atom. The Balaban J connectivity index is 1.89. The van der Waals surface area contributed by atoms with Gasteiger partial charge in [-0.25, -0.2) is 4.79 Å². The van der Waals surface area contributed by atoms with Crippen molar-refractivity contribution in [1.29, 1.82) is 0 Å². The fraction of sp³-hybridized carbons (Fsp3) is 0.318. The molecule has 0 fully saturated rings. The van der Waals surface area contributed by atoms with Crippen molar-refractivity contribution in [2.24, 2.45) is 0 Å². The Kier molecular flexibility index (Phi) is 7.75. The molecule has 0 saturated heterocycles. The van der Waals surface area contributed by atoms with Crippen LogP contribution < -0.4 is 10.6 Å². The van der Waals surface area contributed by atoms with Crippen LogP contribution in [0.15, 0.2) is 48.5 Å². The zero-order chi connectivity index (χ0) is 20.5. The number of esters is 1. The monoisotopic (exact) mass is 382 g/mol. The maximum Gasteiger partial charge on any atom is 0.328 e. The van der Waals surface area contributed by atoms with Gasteiger partial charge in [0.1, 0.15) is 6.04 Å². The summed E-state index contributed by atoms with van der Waals surface area (Å²) in [5.41, 5.74) is 3.28. The first-order valence-electron chi connectivity index (χ1n) is 9.39. The van der Waals surface area contributed by atoms with Crippen LogP contribution in [-0.2, 0) is 27.2 Å². The van der Waals surface area contributed by atoms with E-state index < -0.39 is 24.5 Å². The summed E-state index contributed by atoms with van der Waals surface area (Å²) in [6, 6.07) is 13.6. The number of para-hydroxylation sites is 1. The molecule has 0 spiro atoms. The molecule has 0 aromatic heterocycles. The zero-order valence-electron chi connectivity index (χ0n) is 16.5. The van der Waals surface area contributed by atoms with Gasteiger partial charge in [-0.2, -0.15) is 0 Å². The topological polar surface area (TPSA) is 84.5 Å². The van der Waals surface area contributed by atoms with Gasteiger partial charge in [0.05, 0.1) is 0 Å². The molecule has 2 N–H and O–H groups in total. The molecule has 6 heteroatoms. The first kappa shape index (κ1) is 21.2. The Labute approximate surface area is 165 Å². The number of ether oxygens (including phenoxy) is 1. The van der Waals surface area contributed by atoms with Crippen LogP contribution in [0.2, 0.25) is 0 Å². The largest absolute Gasteiger partial charge is 0.454 e. The zero-order valence-corrected chi connectivity index (χ0v) is 16.5. The van der Waals surface area contributed by atoms with Crippen LogP contribution in [0.5, 0.6) is 0 Å². The van der Waals surface area contributed by atoms with Crippen LogP contribution in [0.1, 0.15) is 42.3 Å². The van der Waals surface area contributed by atoms with E-state index in [4.69, 9.17) is 4.74 Å². The standard InChI is InChI=1S/C22H26N2O4/c1-4-16-12-9-13-17(5-2)20(16)24-19(25)14-28-22(27)15(3)23-21(26)18-10-7-6-8-11-18/h6-13,15H,4-5,14H2,1-3H3,(H,23,26)(H,24,25)/t15-/m0/s1. The van der Waals surface area contributed by atoms with Gasteiger partial charge < -0.3 is 15.4 Å². The van der Waals surface area contributed by atoms with Gasteiger partial charge in [0.2, 0.25) is 0 Å². The molecule has 0 aliphatic heterocycles. The molecule has 0 radical (unpaired) electrons. The average molecular weight is 382 g/mol. The molecule has 28 heavy (non-hydrogen) atoms.